The summed E-state index contributed by atoms with van der Waals surface area (Å²) in [6.45, 7) is 3.30. The summed E-state index contributed by atoms with van der Waals surface area (Å²) >= 11 is 6.08. The maximum atomic E-state index is 11.9. The van der Waals surface area contributed by atoms with Crippen LogP contribution in [0, 0.1) is 0 Å². The molecule has 100 valence electrons. The van der Waals surface area contributed by atoms with Gasteiger partial charge in [-0.25, -0.2) is 0 Å². The van der Waals surface area contributed by atoms with Crippen molar-refractivity contribution < 1.29 is 14.6 Å². The molecular weight excluding hydrogens is 254 g/mol. The second-order valence-electron chi connectivity index (χ2n) is 4.67. The molecule has 1 aromatic rings. The molecule has 0 aliphatic rings. The van der Waals surface area contributed by atoms with E-state index >= 15 is 0 Å². The van der Waals surface area contributed by atoms with Gasteiger partial charge >= 0.3 is 0 Å². The van der Waals surface area contributed by atoms with Crippen molar-refractivity contribution in [3.05, 3.63) is 29.8 Å². The molecule has 0 aromatic heterocycles. The lowest BCUT2D eigenvalue weighted by molar-refractivity contribution is -0.122. The van der Waals surface area contributed by atoms with Crippen LogP contribution in [-0.4, -0.2) is 30.3 Å². The molecule has 18 heavy (non-hydrogen) atoms. The van der Waals surface area contributed by atoms with Gasteiger partial charge in [-0.05, 0) is 31.5 Å². The largest absolute Gasteiger partial charge is 0.497 e. The molecule has 0 saturated carbocycles. The van der Waals surface area contributed by atoms with Gasteiger partial charge in [-0.1, -0.05) is 12.1 Å². The third kappa shape index (κ3) is 3.89. The number of nitrogens with one attached hydrogen (secondary N) is 1. The SMILES string of the molecule is COc1ccc(C(Cl)C(=O)NC(C)(C)CO)cc1. The summed E-state index contributed by atoms with van der Waals surface area (Å²) in [4.78, 5) is 11.9. The average Bonchev–Trinajstić information content (AvgIpc) is 2.37. The molecule has 0 bridgehead atoms. The van der Waals surface area contributed by atoms with Crippen LogP contribution in [0.2, 0.25) is 0 Å². The first-order valence-electron chi connectivity index (χ1n) is 5.60. The summed E-state index contributed by atoms with van der Waals surface area (Å²) in [5.74, 6) is 0.375. The van der Waals surface area contributed by atoms with Gasteiger partial charge in [-0.15, -0.1) is 11.6 Å². The smallest absolute Gasteiger partial charge is 0.243 e. The first-order chi connectivity index (χ1) is 8.39. The third-order valence-electron chi connectivity index (χ3n) is 2.50. The van der Waals surface area contributed by atoms with Crippen LogP contribution in [0.15, 0.2) is 24.3 Å². The zero-order valence-electron chi connectivity index (χ0n) is 10.7. The predicted molar refractivity (Wildman–Crippen MR) is 70.9 cm³/mol. The molecular formula is C13H18ClNO3. The number of alkyl halides is 1. The van der Waals surface area contributed by atoms with Crippen LogP contribution in [0.5, 0.6) is 5.75 Å². The van der Waals surface area contributed by atoms with Gasteiger partial charge in [0, 0.05) is 0 Å². The summed E-state index contributed by atoms with van der Waals surface area (Å²) in [7, 11) is 1.57. The van der Waals surface area contributed by atoms with E-state index in [9.17, 15) is 4.79 Å². The number of rotatable bonds is 5. The van der Waals surface area contributed by atoms with Gasteiger partial charge in [0.2, 0.25) is 5.91 Å². The number of hydrogen-bond acceptors (Lipinski definition) is 3. The second-order valence-corrected chi connectivity index (χ2v) is 5.10. The minimum absolute atomic E-state index is 0.148. The van der Waals surface area contributed by atoms with Gasteiger partial charge in [0.1, 0.15) is 11.1 Å². The number of aliphatic hydroxyl groups excluding tert-OH is 1. The molecule has 0 radical (unpaired) electrons. The van der Waals surface area contributed by atoms with E-state index in [0.29, 0.717) is 11.3 Å². The van der Waals surface area contributed by atoms with Gasteiger partial charge in [0.05, 0.1) is 19.3 Å². The quantitative estimate of drug-likeness (QED) is 0.804. The molecule has 1 unspecified atom stereocenters. The number of benzene rings is 1. The molecule has 2 N–H and O–H groups in total. The lowest BCUT2D eigenvalue weighted by Crippen LogP contribution is -2.47. The minimum Gasteiger partial charge on any atom is -0.497 e. The monoisotopic (exact) mass is 271 g/mol. The maximum Gasteiger partial charge on any atom is 0.243 e. The Morgan fingerprint density at radius 1 is 1.44 bits per heavy atom. The number of aliphatic hydroxyl groups is 1. The van der Waals surface area contributed by atoms with Crippen LogP contribution in [0.1, 0.15) is 24.8 Å². The van der Waals surface area contributed by atoms with Crippen molar-refractivity contribution in [3.63, 3.8) is 0 Å². The number of halogens is 1. The van der Waals surface area contributed by atoms with E-state index in [0.717, 1.165) is 0 Å². The van der Waals surface area contributed by atoms with Crippen LogP contribution >= 0.6 is 11.6 Å². The van der Waals surface area contributed by atoms with Crippen molar-refractivity contribution in [2.75, 3.05) is 13.7 Å². The molecule has 1 rings (SSSR count). The summed E-state index contributed by atoms with van der Waals surface area (Å²) in [5, 5.41) is 11.0. The molecule has 1 aromatic carbocycles. The van der Waals surface area contributed by atoms with Crippen molar-refractivity contribution in [2.45, 2.75) is 24.8 Å². The van der Waals surface area contributed by atoms with Gasteiger partial charge in [-0.3, -0.25) is 4.79 Å². The molecule has 0 aliphatic heterocycles. The Morgan fingerprint density at radius 3 is 2.44 bits per heavy atom. The topological polar surface area (TPSA) is 58.6 Å². The van der Waals surface area contributed by atoms with Gasteiger partial charge in [-0.2, -0.15) is 0 Å². The molecule has 1 amide bonds. The number of carbonyl (C=O) groups excluding carboxylic acids is 1. The van der Waals surface area contributed by atoms with Gasteiger partial charge in [0.25, 0.3) is 0 Å². The highest BCUT2D eigenvalue weighted by Gasteiger charge is 2.24. The minimum atomic E-state index is -0.790. The highest BCUT2D eigenvalue weighted by Crippen LogP contribution is 2.23. The zero-order chi connectivity index (χ0) is 13.8. The van der Waals surface area contributed by atoms with E-state index in [1.54, 1.807) is 45.2 Å². The number of carbonyl (C=O) groups is 1. The van der Waals surface area contributed by atoms with E-state index in [1.165, 1.54) is 0 Å². The maximum absolute atomic E-state index is 11.9. The van der Waals surface area contributed by atoms with Gasteiger partial charge < -0.3 is 15.2 Å². The Balaban J connectivity index is 2.73. The zero-order valence-corrected chi connectivity index (χ0v) is 11.5. The predicted octanol–water partition coefficient (Wildman–Crippen LogP) is 1.86. The highest BCUT2D eigenvalue weighted by molar-refractivity contribution is 6.30. The van der Waals surface area contributed by atoms with Crippen molar-refractivity contribution in [3.8, 4) is 5.75 Å². The van der Waals surface area contributed by atoms with Crippen LogP contribution in [-0.2, 0) is 4.79 Å². The normalized spacial score (nSPS) is 12.9. The summed E-state index contributed by atoms with van der Waals surface area (Å²) in [5.41, 5.74) is 0.000152. The molecule has 5 heteroatoms. The van der Waals surface area contributed by atoms with E-state index in [2.05, 4.69) is 5.32 Å². The number of amides is 1. The molecule has 0 fully saturated rings. The lowest BCUT2D eigenvalue weighted by Gasteiger charge is -2.25. The lowest BCUT2D eigenvalue weighted by atomic mass is 10.1. The fraction of sp³-hybridized carbons (Fsp3) is 0.462. The standard InChI is InChI=1S/C13H18ClNO3/c1-13(2,8-16)15-12(17)11(14)9-4-6-10(18-3)7-5-9/h4-7,11,16H,8H2,1-3H3,(H,15,17). The van der Waals surface area contributed by atoms with Crippen LogP contribution < -0.4 is 10.1 Å². The average molecular weight is 272 g/mol. The molecule has 1 atom stereocenters. The first-order valence-corrected chi connectivity index (χ1v) is 6.04. The van der Waals surface area contributed by atoms with E-state index in [-0.39, 0.29) is 12.5 Å². The van der Waals surface area contributed by atoms with Crippen LogP contribution in [0.4, 0.5) is 0 Å². The summed E-state index contributed by atoms with van der Waals surface area (Å²) in [6.07, 6.45) is 0. The molecule has 0 aliphatic carbocycles. The fourth-order valence-electron chi connectivity index (χ4n) is 1.36. The van der Waals surface area contributed by atoms with Crippen LogP contribution in [0.3, 0.4) is 0 Å². The number of hydrogen-bond donors (Lipinski definition) is 2. The second kappa shape index (κ2) is 6.07. The van der Waals surface area contributed by atoms with Crippen molar-refractivity contribution in [2.24, 2.45) is 0 Å². The van der Waals surface area contributed by atoms with Crippen molar-refractivity contribution in [1.29, 1.82) is 0 Å². The molecule has 0 spiro atoms. The Labute approximate surface area is 112 Å². The Kier molecular flexibility index (Phi) is 4.99. The number of methoxy groups -OCH3 is 1. The first kappa shape index (κ1) is 14.8. The van der Waals surface area contributed by atoms with Crippen molar-refractivity contribution >= 4 is 17.5 Å². The van der Waals surface area contributed by atoms with Crippen LogP contribution in [0.25, 0.3) is 0 Å². The Morgan fingerprint density at radius 2 is 2.00 bits per heavy atom. The van der Waals surface area contributed by atoms with Gasteiger partial charge in [0.15, 0.2) is 0 Å². The Bertz CT molecular complexity index is 403. The summed E-state index contributed by atoms with van der Waals surface area (Å²) in [6, 6.07) is 6.97. The fourth-order valence-corrected chi connectivity index (χ4v) is 1.56. The van der Waals surface area contributed by atoms with E-state index < -0.39 is 10.9 Å². The molecule has 0 heterocycles. The van der Waals surface area contributed by atoms with E-state index in [4.69, 9.17) is 21.4 Å². The van der Waals surface area contributed by atoms with E-state index in [1.807, 2.05) is 0 Å². The molecule has 4 nitrogen and oxygen atoms in total. The molecule has 0 saturated heterocycles. The highest BCUT2D eigenvalue weighted by atomic mass is 35.5. The third-order valence-corrected chi connectivity index (χ3v) is 2.95. The number of ether oxygens (including phenoxy) is 1. The Hall–Kier alpha value is -1.26. The van der Waals surface area contributed by atoms with Crippen molar-refractivity contribution in [1.82, 2.24) is 5.32 Å². The summed E-state index contributed by atoms with van der Waals surface area (Å²) < 4.78 is 5.03.